The molecule has 0 heterocycles. The Morgan fingerprint density at radius 1 is 1.36 bits per heavy atom. The summed E-state index contributed by atoms with van der Waals surface area (Å²) in [5.74, 6) is 1.72. The van der Waals surface area contributed by atoms with Crippen LogP contribution in [0, 0.1) is 11.8 Å². The van der Waals surface area contributed by atoms with Gasteiger partial charge in [0.1, 0.15) is 0 Å². The van der Waals surface area contributed by atoms with Gasteiger partial charge < -0.3 is 0 Å². The zero-order chi connectivity index (χ0) is 7.84. The van der Waals surface area contributed by atoms with Crippen molar-refractivity contribution in [2.75, 3.05) is 0 Å². The van der Waals surface area contributed by atoms with Crippen LogP contribution < -0.4 is 0 Å². The van der Waals surface area contributed by atoms with Gasteiger partial charge in [-0.3, -0.25) is 0 Å². The summed E-state index contributed by atoms with van der Waals surface area (Å²) in [6.07, 6.45) is 8.66. The van der Waals surface area contributed by atoms with E-state index < -0.39 is 0 Å². The molecule has 0 saturated heterocycles. The summed E-state index contributed by atoms with van der Waals surface area (Å²) in [7, 11) is 0. The third-order valence-electron chi connectivity index (χ3n) is 3.32. The van der Waals surface area contributed by atoms with Crippen molar-refractivity contribution in [1.29, 1.82) is 0 Å². The minimum Gasteiger partial charge on any atom is -0.0802 e. The summed E-state index contributed by atoms with van der Waals surface area (Å²) in [5, 5.41) is 0. The molecule has 0 radical (unpaired) electrons. The molecule has 11 heavy (non-hydrogen) atoms. The van der Waals surface area contributed by atoms with E-state index >= 15 is 0 Å². The summed E-state index contributed by atoms with van der Waals surface area (Å²) in [4.78, 5) is 0. The smallest absolute Gasteiger partial charge is 0.0130 e. The molecule has 0 bridgehead atoms. The molecule has 0 aromatic heterocycles. The molecule has 60 valence electrons. The molecule has 2 aliphatic rings. The Bertz CT molecular complexity index is 220. The Morgan fingerprint density at radius 3 is 3.00 bits per heavy atom. The maximum absolute atomic E-state index is 2.38. The molecule has 0 amide bonds. The molecule has 0 unspecified atom stereocenters. The summed E-state index contributed by atoms with van der Waals surface area (Å²) < 4.78 is 0. The Hall–Kier alpha value is -0.520. The lowest BCUT2D eigenvalue weighted by Crippen LogP contribution is -2.15. The van der Waals surface area contributed by atoms with E-state index in [1.54, 1.807) is 11.1 Å². The van der Waals surface area contributed by atoms with E-state index in [9.17, 15) is 0 Å². The summed E-state index contributed by atoms with van der Waals surface area (Å²) >= 11 is 0. The molecule has 2 atom stereocenters. The first-order chi connectivity index (χ1) is 5.29. The monoisotopic (exact) mass is 148 g/mol. The van der Waals surface area contributed by atoms with Crippen LogP contribution in [0.5, 0.6) is 0 Å². The fourth-order valence-electron chi connectivity index (χ4n) is 2.24. The molecule has 0 aliphatic heterocycles. The van der Waals surface area contributed by atoms with Crippen LogP contribution in [0.25, 0.3) is 0 Å². The van der Waals surface area contributed by atoms with Crippen LogP contribution in [-0.4, -0.2) is 0 Å². The highest BCUT2D eigenvalue weighted by Crippen LogP contribution is 2.39. The first-order valence-corrected chi connectivity index (χ1v) is 4.67. The SMILES string of the molecule is C[C@H]1CCC2=C(C=CC2)[C@@H]1C. The topological polar surface area (TPSA) is 0 Å². The van der Waals surface area contributed by atoms with Crippen LogP contribution in [0.1, 0.15) is 33.1 Å². The van der Waals surface area contributed by atoms with Crippen LogP contribution in [0.15, 0.2) is 23.3 Å². The van der Waals surface area contributed by atoms with Crippen LogP contribution in [0.4, 0.5) is 0 Å². The van der Waals surface area contributed by atoms with Crippen molar-refractivity contribution >= 4 is 0 Å². The third kappa shape index (κ3) is 1.05. The van der Waals surface area contributed by atoms with Gasteiger partial charge in [-0.15, -0.1) is 0 Å². The van der Waals surface area contributed by atoms with Gasteiger partial charge in [0.25, 0.3) is 0 Å². The van der Waals surface area contributed by atoms with Gasteiger partial charge in [-0.25, -0.2) is 0 Å². The van der Waals surface area contributed by atoms with Gasteiger partial charge in [0, 0.05) is 0 Å². The fourth-order valence-corrected chi connectivity index (χ4v) is 2.24. The van der Waals surface area contributed by atoms with Gasteiger partial charge in [0.15, 0.2) is 0 Å². The predicted molar refractivity (Wildman–Crippen MR) is 48.3 cm³/mol. The maximum atomic E-state index is 2.38. The van der Waals surface area contributed by atoms with Crippen LogP contribution in [0.3, 0.4) is 0 Å². The first-order valence-electron chi connectivity index (χ1n) is 4.67. The highest BCUT2D eigenvalue weighted by atomic mass is 14.3. The molecule has 0 nitrogen and oxygen atoms in total. The van der Waals surface area contributed by atoms with E-state index in [0.29, 0.717) is 0 Å². The second kappa shape index (κ2) is 2.51. The predicted octanol–water partition coefficient (Wildman–Crippen LogP) is 3.31. The third-order valence-corrected chi connectivity index (χ3v) is 3.32. The highest BCUT2D eigenvalue weighted by Gasteiger charge is 2.24. The van der Waals surface area contributed by atoms with Crippen molar-refractivity contribution in [2.45, 2.75) is 33.1 Å². The number of hydrogen-bond donors (Lipinski definition) is 0. The van der Waals surface area contributed by atoms with Crippen molar-refractivity contribution < 1.29 is 0 Å². The largest absolute Gasteiger partial charge is 0.0802 e. The Morgan fingerprint density at radius 2 is 2.18 bits per heavy atom. The van der Waals surface area contributed by atoms with Crippen LogP contribution in [-0.2, 0) is 0 Å². The Balaban J connectivity index is 2.28. The van der Waals surface area contributed by atoms with E-state index in [1.807, 2.05) is 0 Å². The second-order valence-electron chi connectivity index (χ2n) is 3.97. The van der Waals surface area contributed by atoms with Crippen molar-refractivity contribution in [3.8, 4) is 0 Å². The van der Waals surface area contributed by atoms with Crippen LogP contribution >= 0.6 is 0 Å². The van der Waals surface area contributed by atoms with Gasteiger partial charge in [0.05, 0.1) is 0 Å². The number of allylic oxidation sites excluding steroid dienone is 4. The Kier molecular flexibility index (Phi) is 1.63. The highest BCUT2D eigenvalue weighted by molar-refractivity contribution is 5.37. The normalized spacial score (nSPS) is 36.2. The van der Waals surface area contributed by atoms with Crippen molar-refractivity contribution in [3.05, 3.63) is 23.3 Å². The van der Waals surface area contributed by atoms with E-state index in [4.69, 9.17) is 0 Å². The molecule has 2 rings (SSSR count). The Labute approximate surface area is 69.0 Å². The maximum Gasteiger partial charge on any atom is -0.0130 e. The van der Waals surface area contributed by atoms with Gasteiger partial charge in [-0.2, -0.15) is 0 Å². The summed E-state index contributed by atoms with van der Waals surface area (Å²) in [6, 6.07) is 0. The summed E-state index contributed by atoms with van der Waals surface area (Å²) in [6.45, 7) is 4.75. The standard InChI is InChI=1S/C11H16/c1-8-6-7-10-4-3-5-11(10)9(8)2/h3,5,8-9H,4,6-7H2,1-2H3/t8-,9+/m0/s1. The molecule has 0 spiro atoms. The first kappa shape index (κ1) is 7.15. The van der Waals surface area contributed by atoms with Crippen LogP contribution in [0.2, 0.25) is 0 Å². The van der Waals surface area contributed by atoms with Crippen molar-refractivity contribution in [2.24, 2.45) is 11.8 Å². The molecule has 0 aromatic carbocycles. The fraction of sp³-hybridized carbons (Fsp3) is 0.636. The number of hydrogen-bond acceptors (Lipinski definition) is 0. The lowest BCUT2D eigenvalue weighted by molar-refractivity contribution is 0.391. The molecule has 0 saturated carbocycles. The van der Waals surface area contributed by atoms with Crippen molar-refractivity contribution in [1.82, 2.24) is 0 Å². The second-order valence-corrected chi connectivity index (χ2v) is 3.97. The molecule has 0 heteroatoms. The average Bonchev–Trinajstić information content (AvgIpc) is 2.45. The van der Waals surface area contributed by atoms with E-state index in [0.717, 1.165) is 11.8 Å². The zero-order valence-corrected chi connectivity index (χ0v) is 7.43. The molecule has 0 N–H and O–H groups in total. The van der Waals surface area contributed by atoms with Gasteiger partial charge in [0.2, 0.25) is 0 Å². The van der Waals surface area contributed by atoms with Crippen molar-refractivity contribution in [3.63, 3.8) is 0 Å². The molecule has 0 aromatic rings. The minimum atomic E-state index is 0.817. The molecular weight excluding hydrogens is 132 g/mol. The lowest BCUT2D eigenvalue weighted by atomic mass is 9.78. The van der Waals surface area contributed by atoms with Gasteiger partial charge in [-0.05, 0) is 36.7 Å². The van der Waals surface area contributed by atoms with E-state index in [1.165, 1.54) is 19.3 Å². The minimum absolute atomic E-state index is 0.817. The summed E-state index contributed by atoms with van der Waals surface area (Å²) in [5.41, 5.74) is 3.37. The van der Waals surface area contributed by atoms with E-state index in [-0.39, 0.29) is 0 Å². The number of rotatable bonds is 0. The van der Waals surface area contributed by atoms with Gasteiger partial charge >= 0.3 is 0 Å². The lowest BCUT2D eigenvalue weighted by Gasteiger charge is -2.27. The molecule has 2 aliphatic carbocycles. The van der Waals surface area contributed by atoms with Gasteiger partial charge in [-0.1, -0.05) is 31.6 Å². The molecule has 0 fully saturated rings. The van der Waals surface area contributed by atoms with E-state index in [2.05, 4.69) is 26.0 Å². The quantitative estimate of drug-likeness (QED) is 0.494. The molecular formula is C11H16. The average molecular weight is 148 g/mol. The zero-order valence-electron chi connectivity index (χ0n) is 7.43.